The normalized spacial score (nSPS) is 17.0. The van der Waals surface area contributed by atoms with E-state index in [-0.39, 0.29) is 24.7 Å². The molecule has 2 atom stereocenters. The Labute approximate surface area is 177 Å². The predicted molar refractivity (Wildman–Crippen MR) is 115 cm³/mol. The number of alkyl halides is 1. The van der Waals surface area contributed by atoms with Crippen LogP contribution < -0.4 is 5.32 Å². The number of benzene rings is 2. The summed E-state index contributed by atoms with van der Waals surface area (Å²) < 4.78 is 10.6. The van der Waals surface area contributed by atoms with Gasteiger partial charge in [-0.15, -0.1) is 0 Å². The number of halogens is 1. The second-order valence-electron chi connectivity index (χ2n) is 7.23. The number of likely N-dealkylation sites (tertiary alicyclic amines) is 1. The lowest BCUT2D eigenvalue weighted by atomic mass is 9.86. The summed E-state index contributed by atoms with van der Waals surface area (Å²) in [6, 6.07) is 20.7. The summed E-state index contributed by atoms with van der Waals surface area (Å²) in [6.45, 7) is 5.73. The van der Waals surface area contributed by atoms with Gasteiger partial charge in [0.15, 0.2) is 0 Å². The SMILES string of the molecule is CCOC(=O)C(NCOC(C)Cl)C1CN(C(c2ccccc2)c2ccccc2)C1. The summed E-state index contributed by atoms with van der Waals surface area (Å²) >= 11 is 5.84. The maximum atomic E-state index is 12.5. The second-order valence-corrected chi connectivity index (χ2v) is 7.84. The van der Waals surface area contributed by atoms with E-state index in [0.717, 1.165) is 13.1 Å². The molecule has 5 nitrogen and oxygen atoms in total. The first-order valence-corrected chi connectivity index (χ1v) is 10.5. The molecular formula is C23H29ClN2O3. The highest BCUT2D eigenvalue weighted by atomic mass is 35.5. The Hall–Kier alpha value is -1.92. The van der Waals surface area contributed by atoms with Gasteiger partial charge in [0.1, 0.15) is 11.6 Å². The number of hydrogen-bond acceptors (Lipinski definition) is 5. The van der Waals surface area contributed by atoms with Gasteiger partial charge < -0.3 is 9.47 Å². The maximum absolute atomic E-state index is 12.5. The number of rotatable bonds is 10. The summed E-state index contributed by atoms with van der Waals surface area (Å²) in [4.78, 5) is 14.9. The molecule has 29 heavy (non-hydrogen) atoms. The number of carbonyl (C=O) groups excluding carboxylic acids is 1. The number of nitrogens with zero attached hydrogens (tertiary/aromatic N) is 1. The maximum Gasteiger partial charge on any atom is 0.323 e. The third-order valence-electron chi connectivity index (χ3n) is 5.16. The number of hydrogen-bond donors (Lipinski definition) is 1. The standard InChI is InChI=1S/C23H29ClN2O3/c1-3-28-23(27)21(25-16-29-17(2)24)20-14-26(15-20)22(18-10-6-4-7-11-18)19-12-8-5-9-13-19/h4-13,17,20-22,25H,3,14-16H2,1-2H3. The lowest BCUT2D eigenvalue weighted by Crippen LogP contribution is -2.59. The minimum atomic E-state index is -0.413. The van der Waals surface area contributed by atoms with Crippen molar-refractivity contribution in [3.05, 3.63) is 71.8 Å². The van der Waals surface area contributed by atoms with Crippen molar-refractivity contribution in [2.24, 2.45) is 5.92 Å². The van der Waals surface area contributed by atoms with Crippen LogP contribution in [0.25, 0.3) is 0 Å². The van der Waals surface area contributed by atoms with Crippen LogP contribution >= 0.6 is 11.6 Å². The van der Waals surface area contributed by atoms with Gasteiger partial charge in [-0.25, -0.2) is 0 Å². The highest BCUT2D eigenvalue weighted by molar-refractivity contribution is 6.19. The molecule has 0 aromatic heterocycles. The lowest BCUT2D eigenvalue weighted by molar-refractivity contribution is -0.150. The summed E-state index contributed by atoms with van der Waals surface area (Å²) in [7, 11) is 0. The molecule has 1 N–H and O–H groups in total. The third-order valence-corrected chi connectivity index (χ3v) is 5.29. The van der Waals surface area contributed by atoms with Gasteiger partial charge in [-0.1, -0.05) is 72.3 Å². The van der Waals surface area contributed by atoms with E-state index in [4.69, 9.17) is 21.1 Å². The van der Waals surface area contributed by atoms with E-state index >= 15 is 0 Å². The van der Waals surface area contributed by atoms with Crippen molar-refractivity contribution in [3.63, 3.8) is 0 Å². The molecule has 2 unspecified atom stereocenters. The van der Waals surface area contributed by atoms with E-state index in [9.17, 15) is 4.79 Å². The van der Waals surface area contributed by atoms with Crippen LogP contribution in [0.5, 0.6) is 0 Å². The number of ether oxygens (including phenoxy) is 2. The molecular weight excluding hydrogens is 388 g/mol. The molecule has 0 bridgehead atoms. The molecule has 0 aliphatic carbocycles. The largest absolute Gasteiger partial charge is 0.465 e. The molecule has 6 heteroatoms. The molecule has 3 rings (SSSR count). The topological polar surface area (TPSA) is 50.8 Å². The summed E-state index contributed by atoms with van der Waals surface area (Å²) in [6.07, 6.45) is 0. The zero-order chi connectivity index (χ0) is 20.6. The van der Waals surface area contributed by atoms with E-state index in [1.807, 2.05) is 19.1 Å². The molecule has 0 amide bonds. The molecule has 1 heterocycles. The highest BCUT2D eigenvalue weighted by Crippen LogP contribution is 2.35. The van der Waals surface area contributed by atoms with Gasteiger partial charge >= 0.3 is 5.97 Å². The van der Waals surface area contributed by atoms with Gasteiger partial charge in [-0.2, -0.15) is 0 Å². The second kappa shape index (κ2) is 10.7. The Morgan fingerprint density at radius 1 is 1.10 bits per heavy atom. The smallest absolute Gasteiger partial charge is 0.323 e. The van der Waals surface area contributed by atoms with Gasteiger partial charge in [0.05, 0.1) is 19.4 Å². The number of carbonyl (C=O) groups is 1. The van der Waals surface area contributed by atoms with Crippen LogP contribution in [0, 0.1) is 5.92 Å². The molecule has 1 aliphatic rings. The minimum absolute atomic E-state index is 0.151. The summed E-state index contributed by atoms with van der Waals surface area (Å²) in [5.41, 5.74) is 2.08. The van der Waals surface area contributed by atoms with Crippen LogP contribution in [-0.2, 0) is 14.3 Å². The van der Waals surface area contributed by atoms with Crippen LogP contribution in [0.4, 0.5) is 0 Å². The fraction of sp³-hybridized carbons (Fsp3) is 0.435. The van der Waals surface area contributed by atoms with Crippen LogP contribution in [0.15, 0.2) is 60.7 Å². The Bertz CT molecular complexity index is 712. The van der Waals surface area contributed by atoms with Crippen LogP contribution in [-0.4, -0.2) is 48.9 Å². The molecule has 156 valence electrons. The van der Waals surface area contributed by atoms with Crippen LogP contribution in [0.1, 0.15) is 31.0 Å². The predicted octanol–water partition coefficient (Wildman–Crippen LogP) is 3.79. The molecule has 0 spiro atoms. The van der Waals surface area contributed by atoms with Gasteiger partial charge in [0, 0.05) is 19.0 Å². The lowest BCUT2D eigenvalue weighted by Gasteiger charge is -2.47. The molecule has 2 aromatic carbocycles. The summed E-state index contributed by atoms with van der Waals surface area (Å²) in [5, 5.41) is 3.17. The van der Waals surface area contributed by atoms with Crippen molar-refractivity contribution in [1.29, 1.82) is 0 Å². The molecule has 0 radical (unpaired) electrons. The molecule has 1 saturated heterocycles. The Morgan fingerprint density at radius 3 is 2.14 bits per heavy atom. The average molecular weight is 417 g/mol. The van der Waals surface area contributed by atoms with E-state index in [0.29, 0.717) is 6.61 Å². The fourth-order valence-electron chi connectivity index (χ4n) is 3.78. The fourth-order valence-corrected chi connectivity index (χ4v) is 3.85. The van der Waals surface area contributed by atoms with Gasteiger partial charge in [0.25, 0.3) is 0 Å². The quantitative estimate of drug-likeness (QED) is 0.363. The minimum Gasteiger partial charge on any atom is -0.465 e. The molecule has 2 aromatic rings. The average Bonchev–Trinajstić information content (AvgIpc) is 2.70. The van der Waals surface area contributed by atoms with E-state index in [2.05, 4.69) is 58.7 Å². The molecule has 1 fully saturated rings. The third kappa shape index (κ3) is 5.80. The van der Waals surface area contributed by atoms with Gasteiger partial charge in [-0.05, 0) is 25.0 Å². The summed E-state index contributed by atoms with van der Waals surface area (Å²) in [5.74, 6) is -0.0860. The number of nitrogens with one attached hydrogen (secondary N) is 1. The number of esters is 1. The van der Waals surface area contributed by atoms with Gasteiger partial charge in [-0.3, -0.25) is 15.0 Å². The van der Waals surface area contributed by atoms with E-state index in [1.54, 1.807) is 6.92 Å². The van der Waals surface area contributed by atoms with Crippen molar-refractivity contribution < 1.29 is 14.3 Å². The highest BCUT2D eigenvalue weighted by Gasteiger charge is 2.41. The molecule has 1 aliphatic heterocycles. The van der Waals surface area contributed by atoms with Crippen molar-refractivity contribution >= 4 is 17.6 Å². The van der Waals surface area contributed by atoms with Crippen molar-refractivity contribution in [3.8, 4) is 0 Å². The Kier molecular flexibility index (Phi) is 8.07. The van der Waals surface area contributed by atoms with Crippen molar-refractivity contribution in [2.45, 2.75) is 31.5 Å². The Balaban J connectivity index is 1.71. The van der Waals surface area contributed by atoms with Crippen molar-refractivity contribution in [1.82, 2.24) is 10.2 Å². The first-order valence-electron chi connectivity index (χ1n) is 10.1. The monoisotopic (exact) mass is 416 g/mol. The van der Waals surface area contributed by atoms with E-state index in [1.165, 1.54) is 11.1 Å². The Morgan fingerprint density at radius 2 is 1.66 bits per heavy atom. The van der Waals surface area contributed by atoms with Crippen LogP contribution in [0.3, 0.4) is 0 Å². The first-order chi connectivity index (χ1) is 14.1. The zero-order valence-electron chi connectivity index (χ0n) is 17.0. The van der Waals surface area contributed by atoms with Crippen molar-refractivity contribution in [2.75, 3.05) is 26.4 Å². The van der Waals surface area contributed by atoms with Crippen LogP contribution in [0.2, 0.25) is 0 Å². The van der Waals surface area contributed by atoms with E-state index < -0.39 is 11.6 Å². The van der Waals surface area contributed by atoms with Gasteiger partial charge in [0.2, 0.25) is 0 Å². The first kappa shape index (κ1) is 21.8. The zero-order valence-corrected chi connectivity index (χ0v) is 17.7. The molecule has 0 saturated carbocycles.